The molecule has 6 heteroatoms. The average Bonchev–Trinajstić information content (AvgIpc) is 2.59. The van der Waals surface area contributed by atoms with Crippen molar-refractivity contribution in [2.45, 2.75) is 45.8 Å². The Morgan fingerprint density at radius 1 is 1.33 bits per heavy atom. The summed E-state index contributed by atoms with van der Waals surface area (Å²) >= 11 is 4.41. The highest BCUT2D eigenvalue weighted by Crippen LogP contribution is 2.39. The van der Waals surface area contributed by atoms with E-state index in [-0.39, 0.29) is 18.3 Å². The van der Waals surface area contributed by atoms with Crippen LogP contribution in [0.3, 0.4) is 0 Å². The molecule has 2 rings (SSSR count). The zero-order chi connectivity index (χ0) is 15.8. The number of nitrogens with two attached hydrogens (primary N) is 1. The summed E-state index contributed by atoms with van der Waals surface area (Å²) in [5.41, 5.74) is 7.95. The van der Waals surface area contributed by atoms with Gasteiger partial charge in [0.2, 0.25) is 0 Å². The number of pyridine rings is 1. The van der Waals surface area contributed by atoms with Gasteiger partial charge in [-0.05, 0) is 57.3 Å². The first-order valence-corrected chi connectivity index (χ1v) is 7.68. The smallest absolute Gasteiger partial charge is 0.400 e. The van der Waals surface area contributed by atoms with Crippen LogP contribution in [0.2, 0.25) is 0 Å². The third-order valence-corrected chi connectivity index (χ3v) is 4.60. The van der Waals surface area contributed by atoms with Crippen molar-refractivity contribution in [3.63, 3.8) is 0 Å². The molecule has 0 aromatic carbocycles. The Kier molecular flexibility index (Phi) is 4.43. The molecule has 4 nitrogen and oxygen atoms in total. The van der Waals surface area contributed by atoms with Gasteiger partial charge in [0.1, 0.15) is 5.82 Å². The van der Waals surface area contributed by atoms with Crippen LogP contribution in [0.4, 0.5) is 5.82 Å². The van der Waals surface area contributed by atoms with E-state index in [9.17, 15) is 0 Å². The van der Waals surface area contributed by atoms with Gasteiger partial charge in [0, 0.05) is 11.9 Å². The van der Waals surface area contributed by atoms with E-state index in [1.807, 2.05) is 46.8 Å². The van der Waals surface area contributed by atoms with E-state index in [0.29, 0.717) is 11.6 Å². The Hall–Kier alpha value is -0.975. The summed E-state index contributed by atoms with van der Waals surface area (Å²) in [6.07, 6.45) is 3.76. The highest BCUT2D eigenvalue weighted by atomic mass is 32.1. The standard InChI is InChI=1S/C15H23BN2O2S/c1-10-6-11(8-18-13(10)17)7-12(9-21)16-19-14(2,3)15(4,5)20-16/h6-8,21H,9H2,1-5H3,(H2,17,18). The Bertz CT molecular complexity index is 557. The predicted octanol–water partition coefficient (Wildman–Crippen LogP) is 2.92. The van der Waals surface area contributed by atoms with Crippen molar-refractivity contribution in [1.29, 1.82) is 0 Å². The van der Waals surface area contributed by atoms with Crippen LogP contribution >= 0.6 is 12.6 Å². The fraction of sp³-hybridized carbons (Fsp3) is 0.533. The lowest BCUT2D eigenvalue weighted by Gasteiger charge is -2.32. The SMILES string of the molecule is Cc1cc(C=C(CS)B2OC(C)(C)C(C)(C)O2)cnc1N. The molecule has 21 heavy (non-hydrogen) atoms. The number of nitrogen functional groups attached to an aromatic ring is 1. The molecule has 1 saturated heterocycles. The van der Waals surface area contributed by atoms with E-state index in [0.717, 1.165) is 16.6 Å². The minimum absolute atomic E-state index is 0.352. The predicted molar refractivity (Wildman–Crippen MR) is 91.3 cm³/mol. The van der Waals surface area contributed by atoms with Crippen molar-refractivity contribution in [3.05, 3.63) is 28.9 Å². The molecule has 0 radical (unpaired) electrons. The van der Waals surface area contributed by atoms with Crippen LogP contribution in [0.25, 0.3) is 6.08 Å². The van der Waals surface area contributed by atoms with Gasteiger partial charge in [-0.2, -0.15) is 12.6 Å². The van der Waals surface area contributed by atoms with Crippen LogP contribution in [-0.2, 0) is 9.31 Å². The maximum absolute atomic E-state index is 6.06. The molecule has 1 aromatic rings. The van der Waals surface area contributed by atoms with Gasteiger partial charge in [-0.3, -0.25) is 0 Å². The van der Waals surface area contributed by atoms with Crippen LogP contribution in [0.5, 0.6) is 0 Å². The number of hydrogen-bond acceptors (Lipinski definition) is 5. The zero-order valence-electron chi connectivity index (χ0n) is 13.3. The third-order valence-electron chi connectivity index (χ3n) is 4.23. The lowest BCUT2D eigenvalue weighted by molar-refractivity contribution is 0.00578. The van der Waals surface area contributed by atoms with Gasteiger partial charge < -0.3 is 15.0 Å². The first-order chi connectivity index (χ1) is 9.66. The van der Waals surface area contributed by atoms with Gasteiger partial charge in [-0.15, -0.1) is 0 Å². The molecule has 2 heterocycles. The molecular formula is C15H23BN2O2S. The van der Waals surface area contributed by atoms with Gasteiger partial charge in [0.25, 0.3) is 0 Å². The first kappa shape index (κ1) is 16.4. The van der Waals surface area contributed by atoms with Crippen LogP contribution in [-0.4, -0.2) is 29.1 Å². The van der Waals surface area contributed by atoms with Gasteiger partial charge in [-0.1, -0.05) is 6.08 Å². The molecule has 0 atom stereocenters. The molecule has 0 saturated carbocycles. The number of thiol groups is 1. The second kappa shape index (κ2) is 5.67. The number of hydrogen-bond donors (Lipinski definition) is 2. The molecule has 1 aliphatic heterocycles. The first-order valence-electron chi connectivity index (χ1n) is 7.05. The minimum atomic E-state index is -0.384. The van der Waals surface area contributed by atoms with Crippen LogP contribution in [0, 0.1) is 6.92 Å². The fourth-order valence-electron chi connectivity index (χ4n) is 2.08. The molecule has 0 unspecified atom stereocenters. The quantitative estimate of drug-likeness (QED) is 0.666. The minimum Gasteiger partial charge on any atom is -0.400 e. The highest BCUT2D eigenvalue weighted by Gasteiger charge is 2.52. The van der Waals surface area contributed by atoms with Crippen LogP contribution in [0.15, 0.2) is 17.7 Å². The number of anilines is 1. The van der Waals surface area contributed by atoms with E-state index in [2.05, 4.69) is 17.6 Å². The molecule has 1 fully saturated rings. The Morgan fingerprint density at radius 2 is 1.90 bits per heavy atom. The fourth-order valence-corrected chi connectivity index (χ4v) is 2.32. The summed E-state index contributed by atoms with van der Waals surface area (Å²) in [7, 11) is -0.384. The number of nitrogens with zero attached hydrogens (tertiary/aromatic N) is 1. The topological polar surface area (TPSA) is 57.4 Å². The molecule has 1 aliphatic rings. The lowest BCUT2D eigenvalue weighted by atomic mass is 9.78. The van der Waals surface area contributed by atoms with E-state index in [1.54, 1.807) is 6.20 Å². The third kappa shape index (κ3) is 3.28. The maximum Gasteiger partial charge on any atom is 0.491 e. The normalized spacial score (nSPS) is 20.9. The molecule has 0 spiro atoms. The van der Waals surface area contributed by atoms with E-state index in [4.69, 9.17) is 15.0 Å². The van der Waals surface area contributed by atoms with Crippen molar-refractivity contribution < 1.29 is 9.31 Å². The summed E-state index contributed by atoms with van der Waals surface area (Å²) in [6.45, 7) is 10.1. The van der Waals surface area contributed by atoms with Crippen molar-refractivity contribution in [2.24, 2.45) is 0 Å². The second-order valence-electron chi connectivity index (χ2n) is 6.44. The molecule has 0 amide bonds. The Morgan fingerprint density at radius 3 is 2.38 bits per heavy atom. The van der Waals surface area contributed by atoms with Crippen LogP contribution < -0.4 is 5.73 Å². The second-order valence-corrected chi connectivity index (χ2v) is 6.75. The van der Waals surface area contributed by atoms with E-state index in [1.165, 1.54) is 0 Å². The molecular weight excluding hydrogens is 283 g/mol. The van der Waals surface area contributed by atoms with Crippen molar-refractivity contribution >= 4 is 31.6 Å². The van der Waals surface area contributed by atoms with Gasteiger partial charge in [0.05, 0.1) is 11.2 Å². The van der Waals surface area contributed by atoms with Crippen molar-refractivity contribution in [3.8, 4) is 0 Å². The molecule has 1 aromatic heterocycles. The molecule has 0 aliphatic carbocycles. The van der Waals surface area contributed by atoms with E-state index >= 15 is 0 Å². The molecule has 0 bridgehead atoms. The monoisotopic (exact) mass is 306 g/mol. The van der Waals surface area contributed by atoms with Gasteiger partial charge in [0.15, 0.2) is 0 Å². The van der Waals surface area contributed by atoms with Crippen molar-refractivity contribution in [1.82, 2.24) is 4.98 Å². The zero-order valence-corrected chi connectivity index (χ0v) is 14.2. The maximum atomic E-state index is 6.06. The summed E-state index contributed by atoms with van der Waals surface area (Å²) in [6, 6.07) is 2.00. The van der Waals surface area contributed by atoms with Crippen LogP contribution in [0.1, 0.15) is 38.8 Å². The van der Waals surface area contributed by atoms with Gasteiger partial charge in [-0.25, -0.2) is 4.98 Å². The Balaban J connectivity index is 2.28. The molecule has 114 valence electrons. The number of rotatable bonds is 3. The Labute approximate surface area is 132 Å². The molecule has 2 N–H and O–H groups in total. The van der Waals surface area contributed by atoms with Gasteiger partial charge >= 0.3 is 7.12 Å². The lowest BCUT2D eigenvalue weighted by Crippen LogP contribution is -2.41. The summed E-state index contributed by atoms with van der Waals surface area (Å²) < 4.78 is 12.1. The van der Waals surface area contributed by atoms with E-state index < -0.39 is 0 Å². The average molecular weight is 306 g/mol. The summed E-state index contributed by atoms with van der Waals surface area (Å²) in [5.74, 6) is 1.11. The summed E-state index contributed by atoms with van der Waals surface area (Å²) in [4.78, 5) is 4.18. The number of aromatic nitrogens is 1. The number of aryl methyl sites for hydroxylation is 1. The summed E-state index contributed by atoms with van der Waals surface area (Å²) in [5, 5.41) is 0. The largest absolute Gasteiger partial charge is 0.491 e. The highest BCUT2D eigenvalue weighted by molar-refractivity contribution is 7.80. The van der Waals surface area contributed by atoms with Crippen molar-refractivity contribution in [2.75, 3.05) is 11.5 Å².